The van der Waals surface area contributed by atoms with Crippen molar-refractivity contribution in [3.05, 3.63) is 28.8 Å². The van der Waals surface area contributed by atoms with E-state index in [4.69, 9.17) is 16.3 Å². The quantitative estimate of drug-likeness (QED) is 0.875. The van der Waals surface area contributed by atoms with Crippen LogP contribution >= 0.6 is 11.6 Å². The Labute approximate surface area is 157 Å². The summed E-state index contributed by atoms with van der Waals surface area (Å²) < 4.78 is 5.46. The highest BCUT2D eigenvalue weighted by Crippen LogP contribution is 2.43. The van der Waals surface area contributed by atoms with Crippen molar-refractivity contribution in [3.63, 3.8) is 0 Å². The zero-order chi connectivity index (χ0) is 18.3. The van der Waals surface area contributed by atoms with Gasteiger partial charge in [-0.25, -0.2) is 0 Å². The van der Waals surface area contributed by atoms with Gasteiger partial charge in [0.05, 0.1) is 22.7 Å². The molecule has 6 nitrogen and oxygen atoms in total. The number of hydrogen-bond donors (Lipinski definition) is 1. The zero-order valence-corrected chi connectivity index (χ0v) is 15.4. The number of carboxylic acid groups (broad SMARTS) is 1. The van der Waals surface area contributed by atoms with E-state index in [1.807, 2.05) is 6.07 Å². The van der Waals surface area contributed by atoms with Crippen LogP contribution in [0.4, 0.5) is 5.69 Å². The maximum absolute atomic E-state index is 13.0. The van der Waals surface area contributed by atoms with Crippen LogP contribution in [0.25, 0.3) is 0 Å². The van der Waals surface area contributed by atoms with Crippen LogP contribution in [0.15, 0.2) is 18.2 Å². The average Bonchev–Trinajstić information content (AvgIpc) is 3.29. The molecule has 0 radical (unpaired) electrons. The Morgan fingerprint density at radius 3 is 2.69 bits per heavy atom. The lowest BCUT2D eigenvalue weighted by Crippen LogP contribution is -2.45. The lowest BCUT2D eigenvalue weighted by atomic mass is 9.74. The predicted molar refractivity (Wildman–Crippen MR) is 97.8 cm³/mol. The minimum Gasteiger partial charge on any atom is -0.481 e. The molecule has 3 aliphatic rings. The predicted octanol–water partition coefficient (Wildman–Crippen LogP) is 2.50. The van der Waals surface area contributed by atoms with Gasteiger partial charge < -0.3 is 19.6 Å². The Kier molecular flexibility index (Phi) is 4.57. The molecule has 0 aliphatic carbocycles. The maximum Gasteiger partial charge on any atom is 0.311 e. The second kappa shape index (κ2) is 6.74. The van der Waals surface area contributed by atoms with E-state index in [1.165, 1.54) is 0 Å². The first-order valence-electron chi connectivity index (χ1n) is 9.16. The zero-order valence-electron chi connectivity index (χ0n) is 14.6. The van der Waals surface area contributed by atoms with Crippen molar-refractivity contribution < 1.29 is 19.4 Å². The summed E-state index contributed by atoms with van der Waals surface area (Å²) in [6.07, 6.45) is 2.77. The smallest absolute Gasteiger partial charge is 0.311 e. The summed E-state index contributed by atoms with van der Waals surface area (Å²) in [6, 6.07) is 5.41. The highest BCUT2D eigenvalue weighted by atomic mass is 35.5. The molecule has 1 aromatic carbocycles. The molecule has 1 aromatic rings. The third-order valence-electron chi connectivity index (χ3n) is 6.06. The van der Waals surface area contributed by atoms with Gasteiger partial charge in [0.15, 0.2) is 0 Å². The molecule has 0 saturated carbocycles. The summed E-state index contributed by atoms with van der Waals surface area (Å²) in [5, 5.41) is 10.3. The molecule has 26 heavy (non-hydrogen) atoms. The molecule has 3 heterocycles. The third-order valence-corrected chi connectivity index (χ3v) is 6.36. The van der Waals surface area contributed by atoms with Crippen molar-refractivity contribution in [2.24, 2.45) is 11.3 Å². The first-order chi connectivity index (χ1) is 12.5. The Bertz CT molecular complexity index is 734. The van der Waals surface area contributed by atoms with Gasteiger partial charge in [-0.2, -0.15) is 0 Å². The summed E-state index contributed by atoms with van der Waals surface area (Å²) in [7, 11) is 0. The van der Waals surface area contributed by atoms with Crippen molar-refractivity contribution in [1.82, 2.24) is 4.90 Å². The Balaban J connectivity index is 1.54. The summed E-state index contributed by atoms with van der Waals surface area (Å²) in [5.41, 5.74) is 0.594. The Morgan fingerprint density at radius 1 is 1.27 bits per heavy atom. The molecule has 4 rings (SSSR count). The van der Waals surface area contributed by atoms with E-state index in [1.54, 1.807) is 17.0 Å². The van der Waals surface area contributed by atoms with E-state index in [0.717, 1.165) is 31.6 Å². The van der Waals surface area contributed by atoms with E-state index in [2.05, 4.69) is 4.90 Å². The second-order valence-corrected chi connectivity index (χ2v) is 7.94. The second-order valence-electron chi connectivity index (χ2n) is 7.53. The molecule has 0 unspecified atom stereocenters. The topological polar surface area (TPSA) is 70.1 Å². The van der Waals surface area contributed by atoms with E-state index in [-0.39, 0.29) is 18.4 Å². The number of anilines is 1. The average molecular weight is 379 g/mol. The van der Waals surface area contributed by atoms with Crippen LogP contribution in [0.2, 0.25) is 5.02 Å². The fourth-order valence-corrected chi connectivity index (χ4v) is 4.79. The minimum atomic E-state index is -0.882. The Morgan fingerprint density at radius 2 is 2.04 bits per heavy atom. The van der Waals surface area contributed by atoms with E-state index in [0.29, 0.717) is 36.8 Å². The number of carbonyl (C=O) groups excluding carboxylic acids is 1. The van der Waals surface area contributed by atoms with Gasteiger partial charge in [-0.1, -0.05) is 11.6 Å². The van der Waals surface area contributed by atoms with Gasteiger partial charge in [-0.3, -0.25) is 9.59 Å². The lowest BCUT2D eigenvalue weighted by Gasteiger charge is -2.33. The summed E-state index contributed by atoms with van der Waals surface area (Å²) >= 11 is 6.43. The van der Waals surface area contributed by atoms with Gasteiger partial charge in [0.2, 0.25) is 0 Å². The standard InChI is InChI=1S/C19H23ClN2O4/c20-15-9-13(3-4-16(15)21-6-1-2-7-21)17(23)22-10-14-11-26-8-5-19(14,12-22)18(24)25/h3-4,9,14H,1-2,5-8,10-12H2,(H,24,25)/t14-,19+/m1/s1. The van der Waals surface area contributed by atoms with Crippen LogP contribution in [-0.4, -0.2) is 61.3 Å². The molecule has 3 saturated heterocycles. The lowest BCUT2D eigenvalue weighted by molar-refractivity contribution is -0.157. The van der Waals surface area contributed by atoms with Crippen LogP contribution in [-0.2, 0) is 9.53 Å². The largest absolute Gasteiger partial charge is 0.481 e. The van der Waals surface area contributed by atoms with Gasteiger partial charge in [-0.15, -0.1) is 0 Å². The molecular weight excluding hydrogens is 356 g/mol. The number of fused-ring (bicyclic) bond motifs is 1. The number of halogens is 1. The molecule has 2 atom stereocenters. The molecular formula is C19H23ClN2O4. The van der Waals surface area contributed by atoms with E-state index < -0.39 is 11.4 Å². The molecule has 140 valence electrons. The molecule has 3 aliphatic heterocycles. The van der Waals surface area contributed by atoms with Crippen LogP contribution in [0.3, 0.4) is 0 Å². The minimum absolute atomic E-state index is 0.156. The normalized spacial score (nSPS) is 28.3. The number of carbonyl (C=O) groups is 2. The van der Waals surface area contributed by atoms with Gasteiger partial charge in [-0.05, 0) is 37.5 Å². The van der Waals surface area contributed by atoms with Gasteiger partial charge in [0.1, 0.15) is 0 Å². The van der Waals surface area contributed by atoms with Crippen LogP contribution in [0.1, 0.15) is 29.6 Å². The number of hydrogen-bond acceptors (Lipinski definition) is 4. The van der Waals surface area contributed by atoms with Crippen molar-refractivity contribution in [2.75, 3.05) is 44.3 Å². The third kappa shape index (κ3) is 2.85. The molecule has 7 heteroatoms. The molecule has 0 bridgehead atoms. The Hall–Kier alpha value is -1.79. The number of amides is 1. The van der Waals surface area contributed by atoms with Gasteiger partial charge >= 0.3 is 5.97 Å². The SMILES string of the molecule is O=C(c1ccc(N2CCCC2)c(Cl)c1)N1C[C@@H]2COCC[C@]2(C(=O)O)C1. The van der Waals surface area contributed by atoms with Crippen LogP contribution < -0.4 is 4.90 Å². The number of likely N-dealkylation sites (tertiary alicyclic amines) is 1. The molecule has 1 amide bonds. The number of ether oxygens (including phenoxy) is 1. The van der Waals surface area contributed by atoms with Crippen molar-refractivity contribution in [2.45, 2.75) is 19.3 Å². The monoisotopic (exact) mass is 378 g/mol. The molecule has 3 fully saturated rings. The number of aliphatic carboxylic acids is 1. The van der Waals surface area contributed by atoms with E-state index >= 15 is 0 Å². The number of nitrogens with zero attached hydrogens (tertiary/aromatic N) is 2. The summed E-state index contributed by atoms with van der Waals surface area (Å²) in [4.78, 5) is 28.7. The number of carboxylic acids is 1. The van der Waals surface area contributed by atoms with Crippen molar-refractivity contribution in [1.29, 1.82) is 0 Å². The number of benzene rings is 1. The van der Waals surface area contributed by atoms with Crippen LogP contribution in [0, 0.1) is 11.3 Å². The summed E-state index contributed by atoms with van der Waals surface area (Å²) in [5.74, 6) is -1.14. The fraction of sp³-hybridized carbons (Fsp3) is 0.579. The number of rotatable bonds is 3. The highest BCUT2D eigenvalue weighted by Gasteiger charge is 2.54. The van der Waals surface area contributed by atoms with Gasteiger partial charge in [0.25, 0.3) is 5.91 Å². The fourth-order valence-electron chi connectivity index (χ4n) is 4.49. The van der Waals surface area contributed by atoms with Crippen LogP contribution in [0.5, 0.6) is 0 Å². The first-order valence-corrected chi connectivity index (χ1v) is 9.54. The van der Waals surface area contributed by atoms with Crippen molar-refractivity contribution in [3.8, 4) is 0 Å². The highest BCUT2D eigenvalue weighted by molar-refractivity contribution is 6.33. The summed E-state index contributed by atoms with van der Waals surface area (Å²) in [6.45, 7) is 3.45. The van der Waals surface area contributed by atoms with Crippen molar-refractivity contribution >= 4 is 29.2 Å². The maximum atomic E-state index is 13.0. The first kappa shape index (κ1) is 17.6. The van der Waals surface area contributed by atoms with E-state index in [9.17, 15) is 14.7 Å². The molecule has 0 aromatic heterocycles. The molecule has 0 spiro atoms. The molecule has 1 N–H and O–H groups in total. The van der Waals surface area contributed by atoms with Gasteiger partial charge in [0, 0.05) is 44.3 Å².